The fraction of sp³-hybridized carbons (Fsp3) is 0.143. The van der Waals surface area contributed by atoms with Gasteiger partial charge in [-0.3, -0.25) is 9.38 Å². The Morgan fingerprint density at radius 2 is 2.17 bits per heavy atom. The number of aromatic nitrogens is 4. The Kier molecular flexibility index (Phi) is 4.45. The number of anilines is 1. The molecule has 0 amide bonds. The third kappa shape index (κ3) is 3.00. The lowest BCUT2D eigenvalue weighted by Gasteiger charge is -2.13. The summed E-state index contributed by atoms with van der Waals surface area (Å²) >= 11 is 6.31. The third-order valence-corrected chi connectivity index (χ3v) is 5.36. The fourth-order valence-corrected chi connectivity index (χ4v) is 3.81. The largest absolute Gasteiger partial charge is 0.493 e. The summed E-state index contributed by atoms with van der Waals surface area (Å²) < 4.78 is 21.6. The molecule has 1 aliphatic heterocycles. The molecule has 5 rings (SSSR count). The summed E-state index contributed by atoms with van der Waals surface area (Å²) in [6.45, 7) is 0.759. The van der Waals surface area contributed by atoms with Gasteiger partial charge in [0.15, 0.2) is 11.3 Å². The molecule has 0 spiro atoms. The number of fused-ring (bicyclic) bond motifs is 2. The molecule has 4 aromatic rings. The average molecular weight is 421 g/mol. The first-order chi connectivity index (χ1) is 14.7. The number of hydrogen-bond donors (Lipinski definition) is 1. The number of ether oxygens (including phenoxy) is 1. The van der Waals surface area contributed by atoms with E-state index in [-0.39, 0.29) is 18.1 Å². The van der Waals surface area contributed by atoms with Gasteiger partial charge in [0, 0.05) is 53.8 Å². The van der Waals surface area contributed by atoms with Crippen molar-refractivity contribution >= 4 is 23.2 Å². The van der Waals surface area contributed by atoms with Crippen molar-refractivity contribution in [3.63, 3.8) is 0 Å². The minimum Gasteiger partial charge on any atom is -0.493 e. The van der Waals surface area contributed by atoms with E-state index < -0.39 is 0 Å². The second-order valence-electron chi connectivity index (χ2n) is 6.74. The van der Waals surface area contributed by atoms with Gasteiger partial charge in [0.25, 0.3) is 0 Å². The number of imidazole rings is 1. The summed E-state index contributed by atoms with van der Waals surface area (Å²) in [5, 5.41) is 13.0. The molecular formula is C21H14ClFN6O. The van der Waals surface area contributed by atoms with Crippen LogP contribution in [-0.4, -0.2) is 26.0 Å². The van der Waals surface area contributed by atoms with Crippen LogP contribution in [0.3, 0.4) is 0 Å². The van der Waals surface area contributed by atoms with Gasteiger partial charge in [-0.15, -0.1) is 0 Å². The molecule has 4 heterocycles. The standard InChI is InChI=1S/C21H14ClFN6O/c22-17-3-5-25-8-14(17)16-10-27-21(29-11-12(7-24)28-20(16)29)26-9-15-13-4-6-30-19(13)2-1-18(15)23/h1-3,5,8,10-11H,4,6,9H2,(H,26,27). The summed E-state index contributed by atoms with van der Waals surface area (Å²) in [6, 6.07) is 6.77. The molecule has 0 radical (unpaired) electrons. The van der Waals surface area contributed by atoms with E-state index in [1.165, 1.54) is 6.07 Å². The highest BCUT2D eigenvalue weighted by Gasteiger charge is 2.20. The Bertz CT molecular complexity index is 1330. The van der Waals surface area contributed by atoms with Gasteiger partial charge >= 0.3 is 0 Å². The van der Waals surface area contributed by atoms with E-state index in [4.69, 9.17) is 16.3 Å². The van der Waals surface area contributed by atoms with Crippen LogP contribution in [0.4, 0.5) is 10.3 Å². The van der Waals surface area contributed by atoms with Crippen molar-refractivity contribution in [3.8, 4) is 22.9 Å². The Hall–Kier alpha value is -3.70. The molecule has 30 heavy (non-hydrogen) atoms. The lowest BCUT2D eigenvalue weighted by molar-refractivity contribution is 0.356. The van der Waals surface area contributed by atoms with Crippen molar-refractivity contribution in [1.29, 1.82) is 5.26 Å². The molecule has 0 fully saturated rings. The summed E-state index contributed by atoms with van der Waals surface area (Å²) in [6.07, 6.45) is 7.07. The second-order valence-corrected chi connectivity index (χ2v) is 7.14. The van der Waals surface area contributed by atoms with Crippen LogP contribution >= 0.6 is 11.6 Å². The van der Waals surface area contributed by atoms with Gasteiger partial charge in [-0.1, -0.05) is 11.6 Å². The number of nitrogens with zero attached hydrogens (tertiary/aromatic N) is 5. The van der Waals surface area contributed by atoms with E-state index in [9.17, 15) is 9.65 Å². The second kappa shape index (κ2) is 7.28. The smallest absolute Gasteiger partial charge is 0.208 e. The number of halogens is 2. The van der Waals surface area contributed by atoms with Crippen LogP contribution in [0.5, 0.6) is 5.75 Å². The van der Waals surface area contributed by atoms with E-state index in [1.807, 2.05) is 6.07 Å². The average Bonchev–Trinajstić information content (AvgIpc) is 3.40. The van der Waals surface area contributed by atoms with Crippen LogP contribution < -0.4 is 10.1 Å². The predicted molar refractivity (Wildman–Crippen MR) is 109 cm³/mol. The molecule has 148 valence electrons. The molecule has 0 aliphatic carbocycles. The summed E-state index contributed by atoms with van der Waals surface area (Å²) in [5.74, 6) is 0.839. The number of hydrogen-bond acceptors (Lipinski definition) is 6. The first-order valence-electron chi connectivity index (χ1n) is 9.20. The molecule has 1 aliphatic rings. The molecule has 9 heteroatoms. The first-order valence-corrected chi connectivity index (χ1v) is 9.58. The van der Waals surface area contributed by atoms with Gasteiger partial charge in [0.2, 0.25) is 5.95 Å². The number of nitrogens with one attached hydrogen (secondary N) is 1. The predicted octanol–water partition coefficient (Wildman–Crippen LogP) is 4.00. The monoisotopic (exact) mass is 420 g/mol. The van der Waals surface area contributed by atoms with Gasteiger partial charge in [-0.2, -0.15) is 5.26 Å². The van der Waals surface area contributed by atoms with E-state index >= 15 is 0 Å². The number of nitriles is 1. The normalized spacial score (nSPS) is 12.4. The molecule has 7 nitrogen and oxygen atoms in total. The quantitative estimate of drug-likeness (QED) is 0.536. The zero-order valence-corrected chi connectivity index (χ0v) is 16.3. The maximum Gasteiger partial charge on any atom is 0.208 e. The van der Waals surface area contributed by atoms with Gasteiger partial charge < -0.3 is 10.1 Å². The van der Waals surface area contributed by atoms with Crippen LogP contribution in [0.1, 0.15) is 16.8 Å². The summed E-state index contributed by atoms with van der Waals surface area (Å²) in [7, 11) is 0. The lowest BCUT2D eigenvalue weighted by Crippen LogP contribution is -2.09. The van der Waals surface area contributed by atoms with Crippen molar-refractivity contribution in [3.05, 3.63) is 70.6 Å². The number of pyridine rings is 1. The van der Waals surface area contributed by atoms with Crippen LogP contribution in [0.2, 0.25) is 5.02 Å². The van der Waals surface area contributed by atoms with Crippen LogP contribution in [0.15, 0.2) is 43.0 Å². The van der Waals surface area contributed by atoms with Crippen molar-refractivity contribution in [2.75, 3.05) is 11.9 Å². The van der Waals surface area contributed by atoms with Crippen LogP contribution in [0.25, 0.3) is 16.8 Å². The number of rotatable bonds is 4. The molecule has 0 bridgehead atoms. The highest BCUT2D eigenvalue weighted by molar-refractivity contribution is 6.33. The molecule has 0 saturated heterocycles. The minimum atomic E-state index is -0.301. The lowest BCUT2D eigenvalue weighted by atomic mass is 10.0. The van der Waals surface area contributed by atoms with Crippen molar-refractivity contribution in [2.45, 2.75) is 13.0 Å². The molecular weight excluding hydrogens is 407 g/mol. The third-order valence-electron chi connectivity index (χ3n) is 5.03. The molecule has 0 unspecified atom stereocenters. The molecule has 3 aromatic heterocycles. The topological polar surface area (TPSA) is 88.1 Å². The van der Waals surface area contributed by atoms with Crippen LogP contribution in [-0.2, 0) is 13.0 Å². The van der Waals surface area contributed by atoms with Gasteiger partial charge in [0.1, 0.15) is 17.6 Å². The van der Waals surface area contributed by atoms with Crippen molar-refractivity contribution in [1.82, 2.24) is 19.4 Å². The zero-order valence-electron chi connectivity index (χ0n) is 15.6. The maximum atomic E-state index is 14.5. The molecule has 0 saturated carbocycles. The Morgan fingerprint density at radius 3 is 3.00 bits per heavy atom. The highest BCUT2D eigenvalue weighted by Crippen LogP contribution is 2.32. The highest BCUT2D eigenvalue weighted by atomic mass is 35.5. The first kappa shape index (κ1) is 18.3. The molecule has 0 atom stereocenters. The Labute approximate surface area is 175 Å². The maximum absolute atomic E-state index is 14.5. The van der Waals surface area contributed by atoms with E-state index in [0.29, 0.717) is 52.1 Å². The molecule has 1 aromatic carbocycles. The van der Waals surface area contributed by atoms with E-state index in [2.05, 4.69) is 20.3 Å². The van der Waals surface area contributed by atoms with Crippen molar-refractivity contribution < 1.29 is 9.13 Å². The Morgan fingerprint density at radius 1 is 1.27 bits per heavy atom. The Balaban J connectivity index is 1.56. The molecule has 1 N–H and O–H groups in total. The van der Waals surface area contributed by atoms with Gasteiger partial charge in [-0.25, -0.2) is 14.4 Å². The van der Waals surface area contributed by atoms with Crippen molar-refractivity contribution in [2.24, 2.45) is 0 Å². The zero-order chi connectivity index (χ0) is 20.7. The minimum absolute atomic E-state index is 0.216. The fourth-order valence-electron chi connectivity index (χ4n) is 3.60. The van der Waals surface area contributed by atoms with Gasteiger partial charge in [0.05, 0.1) is 17.8 Å². The summed E-state index contributed by atoms with van der Waals surface area (Å²) in [5.41, 5.74) is 3.43. The summed E-state index contributed by atoms with van der Waals surface area (Å²) in [4.78, 5) is 13.0. The van der Waals surface area contributed by atoms with E-state index in [0.717, 1.165) is 5.56 Å². The van der Waals surface area contributed by atoms with Gasteiger partial charge in [-0.05, 0) is 18.2 Å². The number of benzene rings is 1. The van der Waals surface area contributed by atoms with E-state index in [1.54, 1.807) is 41.3 Å². The van der Waals surface area contributed by atoms with Crippen LogP contribution in [0, 0.1) is 17.1 Å². The SMILES string of the molecule is N#Cc1cn2c(NCc3c(F)ccc4c3CCO4)ncc(-c3cnccc3Cl)c2n1.